The second-order valence-electron chi connectivity index (χ2n) is 4.90. The van der Waals surface area contributed by atoms with Gasteiger partial charge in [-0.1, -0.05) is 53.4 Å². The third kappa shape index (κ3) is 4.24. The summed E-state index contributed by atoms with van der Waals surface area (Å²) in [4.78, 5) is 0. The molecule has 0 radical (unpaired) electrons. The standard InChI is InChI=1S/C17H17N3OS2/c1-12(13-6-4-3-5-7-13)22-17-20-19-16(23-17)18-14-8-10-15(21-2)11-9-14/h3-12H,1-2H3,(H,18,19)/t12-/m1/s1. The van der Waals surface area contributed by atoms with Crippen LogP contribution in [-0.2, 0) is 0 Å². The predicted molar refractivity (Wildman–Crippen MR) is 96.9 cm³/mol. The Bertz CT molecular complexity index is 744. The number of nitrogens with zero attached hydrogens (tertiary/aromatic N) is 2. The van der Waals surface area contributed by atoms with Crippen LogP contribution in [0.1, 0.15) is 17.7 Å². The highest BCUT2D eigenvalue weighted by Gasteiger charge is 2.11. The van der Waals surface area contributed by atoms with Gasteiger partial charge in [-0.2, -0.15) is 0 Å². The van der Waals surface area contributed by atoms with E-state index in [1.807, 2.05) is 30.3 Å². The zero-order valence-corrected chi connectivity index (χ0v) is 14.5. The number of aromatic nitrogens is 2. The summed E-state index contributed by atoms with van der Waals surface area (Å²) in [5.41, 5.74) is 2.26. The van der Waals surface area contributed by atoms with Crippen LogP contribution in [0.25, 0.3) is 0 Å². The van der Waals surface area contributed by atoms with Gasteiger partial charge in [-0.05, 0) is 36.8 Å². The molecule has 23 heavy (non-hydrogen) atoms. The molecule has 1 N–H and O–H groups in total. The van der Waals surface area contributed by atoms with Gasteiger partial charge in [0.2, 0.25) is 5.13 Å². The molecule has 0 bridgehead atoms. The molecule has 4 nitrogen and oxygen atoms in total. The minimum Gasteiger partial charge on any atom is -0.497 e. The van der Waals surface area contributed by atoms with Crippen LogP contribution >= 0.6 is 23.1 Å². The van der Waals surface area contributed by atoms with Crippen LogP contribution in [0.15, 0.2) is 58.9 Å². The normalized spacial score (nSPS) is 11.9. The summed E-state index contributed by atoms with van der Waals surface area (Å²) in [5, 5.41) is 12.9. The Morgan fingerprint density at radius 1 is 1.04 bits per heavy atom. The molecule has 0 fully saturated rings. The smallest absolute Gasteiger partial charge is 0.210 e. The summed E-state index contributed by atoms with van der Waals surface area (Å²) in [6.07, 6.45) is 0. The first-order valence-corrected chi connectivity index (χ1v) is 8.90. The molecule has 0 spiro atoms. The van der Waals surface area contributed by atoms with Crippen molar-refractivity contribution >= 4 is 33.9 Å². The van der Waals surface area contributed by atoms with Crippen molar-refractivity contribution in [2.45, 2.75) is 16.5 Å². The second-order valence-corrected chi connectivity index (χ2v) is 7.46. The van der Waals surface area contributed by atoms with Crippen LogP contribution in [0.4, 0.5) is 10.8 Å². The van der Waals surface area contributed by atoms with Crippen molar-refractivity contribution in [1.82, 2.24) is 10.2 Å². The fourth-order valence-corrected chi connectivity index (χ4v) is 4.09. The van der Waals surface area contributed by atoms with Crippen molar-refractivity contribution in [3.8, 4) is 5.75 Å². The lowest BCUT2D eigenvalue weighted by atomic mass is 10.2. The summed E-state index contributed by atoms with van der Waals surface area (Å²) in [6, 6.07) is 18.2. The Balaban J connectivity index is 1.63. The number of benzene rings is 2. The SMILES string of the molecule is COc1ccc(Nc2nnc(S[C@H](C)c3ccccc3)s2)cc1. The maximum Gasteiger partial charge on any atom is 0.210 e. The van der Waals surface area contributed by atoms with Crippen LogP contribution in [-0.4, -0.2) is 17.3 Å². The molecule has 1 atom stereocenters. The Morgan fingerprint density at radius 2 is 1.78 bits per heavy atom. The highest BCUT2D eigenvalue weighted by molar-refractivity contribution is 8.01. The first kappa shape index (κ1) is 15.8. The minimum absolute atomic E-state index is 0.345. The number of anilines is 2. The van der Waals surface area contributed by atoms with Crippen LogP contribution in [0, 0.1) is 0 Å². The number of ether oxygens (including phenoxy) is 1. The van der Waals surface area contributed by atoms with Crippen molar-refractivity contribution in [2.75, 3.05) is 12.4 Å². The van der Waals surface area contributed by atoms with E-state index >= 15 is 0 Å². The molecule has 0 saturated heterocycles. The van der Waals surface area contributed by atoms with Gasteiger partial charge in [0.25, 0.3) is 0 Å². The van der Waals surface area contributed by atoms with Gasteiger partial charge < -0.3 is 10.1 Å². The fraction of sp³-hybridized carbons (Fsp3) is 0.176. The Labute approximate surface area is 143 Å². The highest BCUT2D eigenvalue weighted by atomic mass is 32.2. The molecule has 1 aromatic heterocycles. The average molecular weight is 343 g/mol. The van der Waals surface area contributed by atoms with Crippen molar-refractivity contribution in [2.24, 2.45) is 0 Å². The van der Waals surface area contributed by atoms with Gasteiger partial charge in [-0.25, -0.2) is 0 Å². The van der Waals surface area contributed by atoms with E-state index in [4.69, 9.17) is 4.74 Å². The van der Waals surface area contributed by atoms with Gasteiger partial charge in [0.05, 0.1) is 7.11 Å². The lowest BCUT2D eigenvalue weighted by Gasteiger charge is -2.08. The molecule has 0 unspecified atom stereocenters. The molecule has 0 aliphatic carbocycles. The molecule has 0 aliphatic rings. The van der Waals surface area contributed by atoms with Crippen molar-refractivity contribution in [3.63, 3.8) is 0 Å². The van der Waals surface area contributed by atoms with Crippen LogP contribution < -0.4 is 10.1 Å². The topological polar surface area (TPSA) is 47.0 Å². The fourth-order valence-electron chi connectivity index (χ4n) is 2.05. The third-order valence-electron chi connectivity index (χ3n) is 3.29. The van der Waals surface area contributed by atoms with E-state index in [-0.39, 0.29) is 0 Å². The maximum absolute atomic E-state index is 5.15. The molecule has 1 heterocycles. The van der Waals surface area contributed by atoms with Gasteiger partial charge in [0, 0.05) is 10.9 Å². The maximum atomic E-state index is 5.15. The first-order valence-electron chi connectivity index (χ1n) is 7.21. The largest absolute Gasteiger partial charge is 0.497 e. The molecular weight excluding hydrogens is 326 g/mol. The van der Waals surface area contributed by atoms with E-state index in [9.17, 15) is 0 Å². The third-order valence-corrected chi connectivity index (χ3v) is 5.38. The molecule has 0 aliphatic heterocycles. The average Bonchev–Trinajstić information content (AvgIpc) is 3.03. The van der Waals surface area contributed by atoms with Crippen molar-refractivity contribution in [1.29, 1.82) is 0 Å². The number of rotatable bonds is 6. The predicted octanol–water partition coefficient (Wildman–Crippen LogP) is 5.14. The van der Waals surface area contributed by atoms with E-state index in [0.29, 0.717) is 5.25 Å². The molecule has 3 rings (SSSR count). The number of hydrogen-bond acceptors (Lipinski definition) is 6. The monoisotopic (exact) mass is 343 g/mol. The molecule has 3 aromatic rings. The Hall–Kier alpha value is -2.05. The number of thioether (sulfide) groups is 1. The lowest BCUT2D eigenvalue weighted by Crippen LogP contribution is -1.89. The zero-order valence-electron chi connectivity index (χ0n) is 12.9. The molecule has 0 saturated carbocycles. The summed E-state index contributed by atoms with van der Waals surface area (Å²) in [7, 11) is 1.66. The summed E-state index contributed by atoms with van der Waals surface area (Å²) in [6.45, 7) is 2.18. The second kappa shape index (κ2) is 7.48. The zero-order chi connectivity index (χ0) is 16.1. The van der Waals surface area contributed by atoms with Crippen molar-refractivity contribution < 1.29 is 4.74 Å². The molecule has 0 amide bonds. The van der Waals surface area contributed by atoms with E-state index < -0.39 is 0 Å². The molecular formula is C17H17N3OS2. The van der Waals surface area contributed by atoms with Gasteiger partial charge in [0.15, 0.2) is 4.34 Å². The number of hydrogen-bond donors (Lipinski definition) is 1. The minimum atomic E-state index is 0.345. The van der Waals surface area contributed by atoms with E-state index in [0.717, 1.165) is 20.9 Å². The van der Waals surface area contributed by atoms with Gasteiger partial charge in [0.1, 0.15) is 5.75 Å². The highest BCUT2D eigenvalue weighted by Crippen LogP contribution is 2.37. The summed E-state index contributed by atoms with van der Waals surface area (Å²) >= 11 is 3.28. The molecule has 2 aromatic carbocycles. The molecule has 6 heteroatoms. The van der Waals surface area contributed by atoms with Gasteiger partial charge >= 0.3 is 0 Å². The quantitative estimate of drug-likeness (QED) is 0.628. The first-order chi connectivity index (χ1) is 11.2. The number of nitrogens with one attached hydrogen (secondary N) is 1. The van der Waals surface area contributed by atoms with E-state index in [2.05, 4.69) is 46.7 Å². The Morgan fingerprint density at radius 3 is 2.48 bits per heavy atom. The van der Waals surface area contributed by atoms with Crippen molar-refractivity contribution in [3.05, 3.63) is 60.2 Å². The van der Waals surface area contributed by atoms with Crippen LogP contribution in [0.2, 0.25) is 0 Å². The van der Waals surface area contributed by atoms with Crippen LogP contribution in [0.5, 0.6) is 5.75 Å². The van der Waals surface area contributed by atoms with E-state index in [1.165, 1.54) is 5.56 Å². The van der Waals surface area contributed by atoms with E-state index in [1.54, 1.807) is 30.2 Å². The van der Waals surface area contributed by atoms with Crippen LogP contribution in [0.3, 0.4) is 0 Å². The Kier molecular flexibility index (Phi) is 5.15. The van der Waals surface area contributed by atoms with Gasteiger partial charge in [-0.15, -0.1) is 10.2 Å². The molecule has 118 valence electrons. The van der Waals surface area contributed by atoms with Gasteiger partial charge in [-0.3, -0.25) is 0 Å². The lowest BCUT2D eigenvalue weighted by molar-refractivity contribution is 0.415. The summed E-state index contributed by atoms with van der Waals surface area (Å²) in [5.74, 6) is 0.834. The number of methoxy groups -OCH3 is 1. The summed E-state index contributed by atoms with van der Waals surface area (Å²) < 4.78 is 6.11.